The lowest BCUT2D eigenvalue weighted by Crippen LogP contribution is -2.38. The van der Waals surface area contributed by atoms with Crippen LogP contribution in [0, 0.1) is 23.2 Å². The molecule has 16 heavy (non-hydrogen) atoms. The Hall–Kier alpha value is -1.18. The quantitative estimate of drug-likeness (QED) is 0.686. The molecule has 2 atom stereocenters. The molecule has 0 spiro atoms. The Morgan fingerprint density at radius 1 is 1.50 bits per heavy atom. The number of fused-ring (bicyclic) bond motifs is 1. The van der Waals surface area contributed by atoms with Crippen molar-refractivity contribution in [1.29, 1.82) is 5.26 Å². The molecule has 0 N–H and O–H groups in total. The van der Waals surface area contributed by atoms with Crippen LogP contribution in [0.4, 0.5) is 8.78 Å². The maximum absolute atomic E-state index is 13.6. The van der Waals surface area contributed by atoms with Crippen molar-refractivity contribution in [3.8, 4) is 6.07 Å². The molecule has 5 heteroatoms. The van der Waals surface area contributed by atoms with E-state index in [9.17, 15) is 13.6 Å². The van der Waals surface area contributed by atoms with Gasteiger partial charge in [-0.3, -0.25) is 4.79 Å². The Morgan fingerprint density at radius 2 is 2.25 bits per heavy atom. The molecule has 2 fully saturated rings. The highest BCUT2D eigenvalue weighted by atomic mass is 19.3. The highest BCUT2D eigenvalue weighted by molar-refractivity contribution is 5.78. The first-order valence-corrected chi connectivity index (χ1v) is 5.57. The summed E-state index contributed by atoms with van der Waals surface area (Å²) in [6.45, 7) is 0.527. The number of hydrogen-bond donors (Lipinski definition) is 0. The fourth-order valence-corrected chi connectivity index (χ4v) is 2.81. The largest absolute Gasteiger partial charge is 0.341 e. The molecule has 0 aromatic carbocycles. The third-order valence-corrected chi connectivity index (χ3v) is 3.65. The van der Waals surface area contributed by atoms with Crippen LogP contribution in [0.15, 0.2) is 0 Å². The van der Waals surface area contributed by atoms with Crippen molar-refractivity contribution >= 4 is 5.91 Å². The van der Waals surface area contributed by atoms with Crippen LogP contribution in [0.2, 0.25) is 0 Å². The van der Waals surface area contributed by atoms with E-state index in [-0.39, 0.29) is 31.2 Å². The third kappa shape index (κ3) is 1.89. The molecule has 0 aromatic rings. The Bertz CT molecular complexity index is 337. The van der Waals surface area contributed by atoms with Gasteiger partial charge < -0.3 is 4.90 Å². The highest BCUT2D eigenvalue weighted by Gasteiger charge is 2.51. The number of nitrogens with zero attached hydrogens (tertiary/aromatic N) is 2. The molecular weight excluding hydrogens is 214 g/mol. The standard InChI is InChI=1S/C11H14F2N2O/c12-11(13)4-1-2-8-6-15(7-9(8)11)10(16)3-5-14/h8-9H,1-4,6-7H2/t8-,9-/m0/s1. The van der Waals surface area contributed by atoms with Gasteiger partial charge in [-0.1, -0.05) is 0 Å². The topological polar surface area (TPSA) is 44.1 Å². The summed E-state index contributed by atoms with van der Waals surface area (Å²) < 4.78 is 27.2. The number of carbonyl (C=O) groups is 1. The molecule has 1 amide bonds. The number of hydrogen-bond acceptors (Lipinski definition) is 2. The van der Waals surface area contributed by atoms with Crippen LogP contribution in [0.5, 0.6) is 0 Å². The first-order chi connectivity index (χ1) is 7.54. The second-order valence-electron chi connectivity index (χ2n) is 4.65. The Morgan fingerprint density at radius 3 is 2.88 bits per heavy atom. The molecule has 1 aliphatic heterocycles. The van der Waals surface area contributed by atoms with Gasteiger partial charge in [0.05, 0.1) is 6.07 Å². The minimum atomic E-state index is -2.63. The lowest BCUT2D eigenvalue weighted by molar-refractivity contribution is -0.130. The van der Waals surface area contributed by atoms with Crippen molar-refractivity contribution in [1.82, 2.24) is 4.90 Å². The van der Waals surface area contributed by atoms with Crippen molar-refractivity contribution in [2.75, 3.05) is 13.1 Å². The van der Waals surface area contributed by atoms with E-state index >= 15 is 0 Å². The second kappa shape index (κ2) is 4.00. The number of carbonyl (C=O) groups excluding carboxylic acids is 1. The lowest BCUT2D eigenvalue weighted by atomic mass is 9.79. The Labute approximate surface area is 93.0 Å². The zero-order valence-corrected chi connectivity index (χ0v) is 8.96. The number of likely N-dealkylation sites (tertiary alicyclic amines) is 1. The van der Waals surface area contributed by atoms with E-state index < -0.39 is 11.8 Å². The maximum Gasteiger partial charge on any atom is 0.252 e. The fraction of sp³-hybridized carbons (Fsp3) is 0.818. The molecule has 88 valence electrons. The van der Waals surface area contributed by atoms with Crippen LogP contribution >= 0.6 is 0 Å². The molecular formula is C11H14F2N2O. The monoisotopic (exact) mass is 228 g/mol. The predicted octanol–water partition coefficient (Wildman–Crippen LogP) is 1.79. The first-order valence-electron chi connectivity index (χ1n) is 5.57. The van der Waals surface area contributed by atoms with Crippen LogP contribution < -0.4 is 0 Å². The van der Waals surface area contributed by atoms with Crippen molar-refractivity contribution in [3.05, 3.63) is 0 Å². The molecule has 0 aromatic heterocycles. The van der Waals surface area contributed by atoms with Crippen LogP contribution in [-0.4, -0.2) is 29.8 Å². The molecule has 1 aliphatic carbocycles. The average molecular weight is 228 g/mol. The summed E-state index contributed by atoms with van der Waals surface area (Å²) in [5, 5.41) is 8.41. The Balaban J connectivity index is 2.05. The van der Waals surface area contributed by atoms with Crippen LogP contribution in [-0.2, 0) is 4.79 Å². The van der Waals surface area contributed by atoms with Gasteiger partial charge >= 0.3 is 0 Å². The molecule has 1 heterocycles. The van der Waals surface area contributed by atoms with Gasteiger partial charge in [-0.15, -0.1) is 0 Å². The second-order valence-corrected chi connectivity index (χ2v) is 4.65. The molecule has 0 unspecified atom stereocenters. The summed E-state index contributed by atoms with van der Waals surface area (Å²) in [7, 11) is 0. The summed E-state index contributed by atoms with van der Waals surface area (Å²) in [5.74, 6) is -3.71. The van der Waals surface area contributed by atoms with E-state index in [4.69, 9.17) is 5.26 Å². The van der Waals surface area contributed by atoms with E-state index in [1.807, 2.05) is 0 Å². The zero-order valence-electron chi connectivity index (χ0n) is 8.96. The van der Waals surface area contributed by atoms with Crippen LogP contribution in [0.25, 0.3) is 0 Å². The van der Waals surface area contributed by atoms with Gasteiger partial charge in [-0.2, -0.15) is 5.26 Å². The van der Waals surface area contributed by atoms with Crippen LogP contribution in [0.3, 0.4) is 0 Å². The van der Waals surface area contributed by atoms with Crippen molar-refractivity contribution < 1.29 is 13.6 Å². The zero-order chi connectivity index (χ0) is 11.8. The molecule has 1 saturated heterocycles. The molecule has 2 aliphatic rings. The lowest BCUT2D eigenvalue weighted by Gasteiger charge is -2.32. The van der Waals surface area contributed by atoms with Gasteiger partial charge in [0, 0.05) is 25.4 Å². The molecule has 3 nitrogen and oxygen atoms in total. The number of amides is 1. The smallest absolute Gasteiger partial charge is 0.252 e. The fourth-order valence-electron chi connectivity index (χ4n) is 2.81. The summed E-state index contributed by atoms with van der Waals surface area (Å²) in [5.41, 5.74) is 0. The van der Waals surface area contributed by atoms with Crippen LogP contribution in [0.1, 0.15) is 25.7 Å². The van der Waals surface area contributed by atoms with Crippen molar-refractivity contribution in [2.24, 2.45) is 11.8 Å². The SMILES string of the molecule is N#CCC(=O)N1C[C@@H]2CCCC(F)(F)[C@H]2C1. The summed E-state index contributed by atoms with van der Waals surface area (Å²) in [6.07, 6.45) is 1.05. The summed E-state index contributed by atoms with van der Waals surface area (Å²) in [4.78, 5) is 12.9. The maximum atomic E-state index is 13.6. The normalized spacial score (nSPS) is 31.9. The van der Waals surface area contributed by atoms with Gasteiger partial charge in [0.2, 0.25) is 5.91 Å². The highest BCUT2D eigenvalue weighted by Crippen LogP contribution is 2.45. The average Bonchev–Trinajstić information content (AvgIpc) is 2.63. The van der Waals surface area contributed by atoms with Gasteiger partial charge in [-0.05, 0) is 18.8 Å². The van der Waals surface area contributed by atoms with Gasteiger partial charge in [0.15, 0.2) is 0 Å². The van der Waals surface area contributed by atoms with Gasteiger partial charge in [0.1, 0.15) is 6.42 Å². The van der Waals surface area contributed by atoms with E-state index in [1.54, 1.807) is 6.07 Å². The Kier molecular flexibility index (Phi) is 2.83. The number of rotatable bonds is 1. The first kappa shape index (κ1) is 11.3. The van der Waals surface area contributed by atoms with E-state index in [0.29, 0.717) is 13.0 Å². The minimum absolute atomic E-state index is 0.0611. The molecule has 2 rings (SSSR count). The number of alkyl halides is 2. The van der Waals surface area contributed by atoms with Crippen molar-refractivity contribution in [3.63, 3.8) is 0 Å². The molecule has 1 saturated carbocycles. The van der Waals surface area contributed by atoms with E-state index in [0.717, 1.165) is 6.42 Å². The third-order valence-electron chi connectivity index (χ3n) is 3.65. The van der Waals surface area contributed by atoms with E-state index in [1.165, 1.54) is 4.90 Å². The van der Waals surface area contributed by atoms with E-state index in [2.05, 4.69) is 0 Å². The summed E-state index contributed by atoms with van der Waals surface area (Å²) >= 11 is 0. The van der Waals surface area contributed by atoms with Gasteiger partial charge in [0.25, 0.3) is 5.92 Å². The molecule has 0 bridgehead atoms. The number of nitriles is 1. The minimum Gasteiger partial charge on any atom is -0.341 e. The number of halogens is 2. The predicted molar refractivity (Wildman–Crippen MR) is 52.6 cm³/mol. The molecule has 0 radical (unpaired) electrons. The van der Waals surface area contributed by atoms with Gasteiger partial charge in [-0.25, -0.2) is 8.78 Å². The van der Waals surface area contributed by atoms with Crippen molar-refractivity contribution in [2.45, 2.75) is 31.6 Å². The summed E-state index contributed by atoms with van der Waals surface area (Å²) in [6, 6.07) is 1.77.